The Morgan fingerprint density at radius 1 is 1.33 bits per heavy atom. The van der Waals surface area contributed by atoms with Crippen LogP contribution in [0, 0.1) is 5.82 Å². The lowest BCUT2D eigenvalue weighted by atomic mass is 10.1. The summed E-state index contributed by atoms with van der Waals surface area (Å²) in [6, 6.07) is 4.45. The number of carbonyl (C=O) groups is 1. The van der Waals surface area contributed by atoms with Crippen molar-refractivity contribution in [1.29, 1.82) is 0 Å². The lowest BCUT2D eigenvalue weighted by molar-refractivity contribution is 0.0178. The molecular weight excluding hydrogens is 295 g/mol. The average Bonchev–Trinajstić information content (AvgIpc) is 2.40. The first-order valence-electron chi connectivity index (χ1n) is 6.96. The van der Waals surface area contributed by atoms with Gasteiger partial charge in [-0.05, 0) is 26.0 Å². The van der Waals surface area contributed by atoms with Crippen molar-refractivity contribution in [2.75, 3.05) is 32.7 Å². The van der Waals surface area contributed by atoms with Crippen molar-refractivity contribution in [1.82, 2.24) is 9.80 Å². The second-order valence-corrected chi connectivity index (χ2v) is 6.39. The summed E-state index contributed by atoms with van der Waals surface area (Å²) in [4.78, 5) is 16.0. The number of halogens is 2. The van der Waals surface area contributed by atoms with Crippen LogP contribution in [-0.2, 0) is 0 Å². The number of amides is 1. The van der Waals surface area contributed by atoms with Crippen LogP contribution in [0.2, 0.25) is 5.02 Å². The molecule has 1 aliphatic heterocycles. The normalized spacial score (nSPS) is 17.1. The molecule has 0 aromatic heterocycles. The Morgan fingerprint density at radius 3 is 2.52 bits per heavy atom. The fraction of sp³-hybridized carbons (Fsp3) is 0.533. The van der Waals surface area contributed by atoms with Crippen molar-refractivity contribution < 1.29 is 14.3 Å². The number of nitrogens with zero attached hydrogens (tertiary/aromatic N) is 2. The summed E-state index contributed by atoms with van der Waals surface area (Å²) in [6.07, 6.45) is 0. The smallest absolute Gasteiger partial charge is 0.256 e. The summed E-state index contributed by atoms with van der Waals surface area (Å²) in [5, 5.41) is 9.76. The second-order valence-electron chi connectivity index (χ2n) is 5.98. The van der Waals surface area contributed by atoms with Crippen LogP contribution < -0.4 is 0 Å². The molecule has 2 rings (SSSR count). The van der Waals surface area contributed by atoms with E-state index in [2.05, 4.69) is 4.90 Å². The highest BCUT2D eigenvalue weighted by atomic mass is 35.5. The Hall–Kier alpha value is -1.17. The van der Waals surface area contributed by atoms with Crippen LogP contribution in [0.5, 0.6) is 0 Å². The van der Waals surface area contributed by atoms with Gasteiger partial charge in [0.2, 0.25) is 0 Å². The number of piperazine rings is 1. The van der Waals surface area contributed by atoms with E-state index in [1.54, 1.807) is 24.8 Å². The molecule has 1 aromatic rings. The van der Waals surface area contributed by atoms with Crippen molar-refractivity contribution in [2.24, 2.45) is 0 Å². The number of benzene rings is 1. The van der Waals surface area contributed by atoms with Gasteiger partial charge in [0, 0.05) is 32.7 Å². The van der Waals surface area contributed by atoms with Gasteiger partial charge in [-0.3, -0.25) is 9.69 Å². The molecule has 1 amide bonds. The Kier molecular flexibility index (Phi) is 4.86. The van der Waals surface area contributed by atoms with E-state index in [4.69, 9.17) is 11.6 Å². The monoisotopic (exact) mass is 314 g/mol. The molecule has 0 aliphatic carbocycles. The summed E-state index contributed by atoms with van der Waals surface area (Å²) in [5.41, 5.74) is -0.746. The molecule has 1 fully saturated rings. The third-order valence-electron chi connectivity index (χ3n) is 3.45. The highest BCUT2D eigenvalue weighted by molar-refractivity contribution is 6.31. The minimum absolute atomic E-state index is 0.0124. The van der Waals surface area contributed by atoms with Gasteiger partial charge in [0.25, 0.3) is 5.91 Å². The predicted molar refractivity (Wildman–Crippen MR) is 80.1 cm³/mol. The van der Waals surface area contributed by atoms with Crippen LogP contribution in [0.4, 0.5) is 4.39 Å². The molecule has 1 saturated heterocycles. The third kappa shape index (κ3) is 4.15. The van der Waals surface area contributed by atoms with Gasteiger partial charge in [0.05, 0.1) is 16.2 Å². The highest BCUT2D eigenvalue weighted by Gasteiger charge is 2.27. The molecule has 116 valence electrons. The molecular formula is C15H20ClFN2O2. The predicted octanol–water partition coefficient (Wildman–Crippen LogP) is 2.01. The van der Waals surface area contributed by atoms with E-state index in [1.165, 1.54) is 12.1 Å². The molecule has 0 saturated carbocycles. The Balaban J connectivity index is 1.99. The van der Waals surface area contributed by atoms with Gasteiger partial charge < -0.3 is 10.0 Å². The van der Waals surface area contributed by atoms with Crippen molar-refractivity contribution >= 4 is 17.5 Å². The zero-order valence-corrected chi connectivity index (χ0v) is 13.0. The fourth-order valence-electron chi connectivity index (χ4n) is 2.50. The van der Waals surface area contributed by atoms with Crippen LogP contribution >= 0.6 is 11.6 Å². The van der Waals surface area contributed by atoms with Gasteiger partial charge in [-0.2, -0.15) is 0 Å². The van der Waals surface area contributed by atoms with Gasteiger partial charge in [0.15, 0.2) is 5.82 Å². The lowest BCUT2D eigenvalue weighted by Gasteiger charge is -2.37. The van der Waals surface area contributed by atoms with Crippen molar-refractivity contribution in [3.63, 3.8) is 0 Å². The van der Waals surface area contributed by atoms with Crippen LogP contribution in [0.15, 0.2) is 18.2 Å². The van der Waals surface area contributed by atoms with Crippen LogP contribution in [0.25, 0.3) is 0 Å². The Bertz CT molecular complexity index is 523. The molecule has 6 heteroatoms. The van der Waals surface area contributed by atoms with E-state index < -0.39 is 11.4 Å². The zero-order chi connectivity index (χ0) is 15.6. The molecule has 0 spiro atoms. The van der Waals surface area contributed by atoms with E-state index >= 15 is 0 Å². The van der Waals surface area contributed by atoms with Crippen LogP contribution in [0.3, 0.4) is 0 Å². The van der Waals surface area contributed by atoms with Gasteiger partial charge in [0.1, 0.15) is 0 Å². The maximum atomic E-state index is 13.9. The summed E-state index contributed by atoms with van der Waals surface area (Å²) in [7, 11) is 0. The highest BCUT2D eigenvalue weighted by Crippen LogP contribution is 2.20. The maximum Gasteiger partial charge on any atom is 0.256 e. The Labute approximate surface area is 129 Å². The average molecular weight is 315 g/mol. The first-order valence-corrected chi connectivity index (χ1v) is 7.34. The number of β-amino-alcohol motifs (C(OH)–C–C–N with tert-alkyl or cyclic N) is 1. The second kappa shape index (κ2) is 6.30. The molecule has 1 heterocycles. The molecule has 1 aromatic carbocycles. The largest absolute Gasteiger partial charge is 0.389 e. The molecule has 1 N–H and O–H groups in total. The zero-order valence-electron chi connectivity index (χ0n) is 12.3. The molecule has 4 nitrogen and oxygen atoms in total. The first-order chi connectivity index (χ1) is 9.78. The molecule has 21 heavy (non-hydrogen) atoms. The number of rotatable bonds is 3. The SMILES string of the molecule is CC(C)(O)CN1CCN(C(=O)c2cccc(Cl)c2F)CC1. The summed E-state index contributed by atoms with van der Waals surface area (Å²) in [5.74, 6) is -0.999. The topological polar surface area (TPSA) is 43.8 Å². The quantitative estimate of drug-likeness (QED) is 0.928. The van der Waals surface area contributed by atoms with E-state index in [0.29, 0.717) is 32.7 Å². The minimum Gasteiger partial charge on any atom is -0.389 e. The number of hydrogen-bond donors (Lipinski definition) is 1. The van der Waals surface area contributed by atoms with Gasteiger partial charge in [-0.15, -0.1) is 0 Å². The summed E-state index contributed by atoms with van der Waals surface area (Å²) >= 11 is 5.71. The molecule has 0 atom stereocenters. The third-order valence-corrected chi connectivity index (χ3v) is 3.74. The maximum absolute atomic E-state index is 13.9. The molecule has 0 bridgehead atoms. The number of hydrogen-bond acceptors (Lipinski definition) is 3. The van der Waals surface area contributed by atoms with Crippen LogP contribution in [-0.4, -0.2) is 59.1 Å². The molecule has 1 aliphatic rings. The van der Waals surface area contributed by atoms with Crippen molar-refractivity contribution in [3.05, 3.63) is 34.6 Å². The number of carbonyl (C=O) groups excluding carboxylic acids is 1. The van der Waals surface area contributed by atoms with E-state index in [0.717, 1.165) is 0 Å². The lowest BCUT2D eigenvalue weighted by Crippen LogP contribution is -2.52. The Morgan fingerprint density at radius 2 is 1.95 bits per heavy atom. The van der Waals surface area contributed by atoms with Crippen molar-refractivity contribution in [2.45, 2.75) is 19.4 Å². The van der Waals surface area contributed by atoms with Crippen molar-refractivity contribution in [3.8, 4) is 0 Å². The fourth-order valence-corrected chi connectivity index (χ4v) is 2.67. The van der Waals surface area contributed by atoms with E-state index in [1.807, 2.05) is 0 Å². The first kappa shape index (κ1) is 16.2. The van der Waals surface area contributed by atoms with Gasteiger partial charge in [-0.1, -0.05) is 17.7 Å². The number of aliphatic hydroxyl groups is 1. The van der Waals surface area contributed by atoms with E-state index in [-0.39, 0.29) is 16.5 Å². The summed E-state index contributed by atoms with van der Waals surface area (Å²) < 4.78 is 13.9. The minimum atomic E-state index is -0.759. The van der Waals surface area contributed by atoms with E-state index in [9.17, 15) is 14.3 Å². The van der Waals surface area contributed by atoms with Gasteiger partial charge in [-0.25, -0.2) is 4.39 Å². The van der Waals surface area contributed by atoms with Gasteiger partial charge >= 0.3 is 0 Å². The summed E-state index contributed by atoms with van der Waals surface area (Å²) in [6.45, 7) is 6.43. The standard InChI is InChI=1S/C15H20ClFN2O2/c1-15(2,21)10-18-6-8-19(9-7-18)14(20)11-4-3-5-12(16)13(11)17/h3-5,21H,6-10H2,1-2H3. The molecule has 0 radical (unpaired) electrons. The molecule has 0 unspecified atom stereocenters. The van der Waals surface area contributed by atoms with Crippen LogP contribution in [0.1, 0.15) is 24.2 Å².